The van der Waals surface area contributed by atoms with Gasteiger partial charge in [0.15, 0.2) is 0 Å². The summed E-state index contributed by atoms with van der Waals surface area (Å²) in [5, 5.41) is 2.53. The van der Waals surface area contributed by atoms with Crippen LogP contribution in [0.2, 0.25) is 0 Å². The Bertz CT molecular complexity index is 745. The van der Waals surface area contributed by atoms with Crippen molar-refractivity contribution in [3.63, 3.8) is 0 Å². The predicted molar refractivity (Wildman–Crippen MR) is 83.1 cm³/mol. The second-order valence-electron chi connectivity index (χ2n) is 4.82. The molecule has 1 amide bonds. The number of halogens is 3. The maximum absolute atomic E-state index is 12.4. The lowest BCUT2D eigenvalue weighted by Crippen LogP contribution is -2.24. The molecule has 1 unspecified atom stereocenters. The zero-order valence-corrected chi connectivity index (χ0v) is 13.4. The van der Waals surface area contributed by atoms with Crippen LogP contribution < -0.4 is 10.1 Å². The first-order valence-electron chi connectivity index (χ1n) is 6.81. The first-order valence-corrected chi connectivity index (χ1v) is 8.37. The van der Waals surface area contributed by atoms with Crippen molar-refractivity contribution < 1.29 is 26.9 Å². The first kappa shape index (κ1) is 18.0. The van der Waals surface area contributed by atoms with Crippen LogP contribution in [0.25, 0.3) is 0 Å². The van der Waals surface area contributed by atoms with Gasteiger partial charge in [-0.1, -0.05) is 18.2 Å². The summed E-state index contributed by atoms with van der Waals surface area (Å²) < 4.78 is 52.3. The van der Waals surface area contributed by atoms with Gasteiger partial charge >= 0.3 is 6.36 Å². The molecule has 0 heterocycles. The standard InChI is InChI=1S/C16H14F3NO3S/c1-24(22)13-8-6-11(7-9-13)15(21)20-10-12-4-2-3-5-14(12)23-16(17,18)19/h2-9H,10H2,1H3,(H,20,21). The van der Waals surface area contributed by atoms with Gasteiger partial charge in [-0.3, -0.25) is 9.00 Å². The molecule has 0 radical (unpaired) electrons. The molecule has 2 aromatic carbocycles. The molecular formula is C16H14F3NO3S. The SMILES string of the molecule is CS(=O)c1ccc(C(=O)NCc2ccccc2OC(F)(F)F)cc1. The van der Waals surface area contributed by atoms with Gasteiger partial charge in [0.05, 0.1) is 0 Å². The summed E-state index contributed by atoms with van der Waals surface area (Å²) in [4.78, 5) is 12.6. The van der Waals surface area contributed by atoms with E-state index in [0.29, 0.717) is 10.5 Å². The van der Waals surface area contributed by atoms with Crippen LogP contribution in [-0.4, -0.2) is 22.7 Å². The summed E-state index contributed by atoms with van der Waals surface area (Å²) in [5.74, 6) is -0.813. The van der Waals surface area contributed by atoms with E-state index in [4.69, 9.17) is 0 Å². The molecule has 2 rings (SSSR count). The smallest absolute Gasteiger partial charge is 0.405 e. The summed E-state index contributed by atoms with van der Waals surface area (Å²) in [5.41, 5.74) is 0.521. The van der Waals surface area contributed by atoms with Crippen LogP contribution in [0.1, 0.15) is 15.9 Å². The van der Waals surface area contributed by atoms with Crippen LogP contribution in [0.15, 0.2) is 53.4 Å². The second kappa shape index (κ2) is 7.48. The van der Waals surface area contributed by atoms with E-state index < -0.39 is 23.1 Å². The first-order chi connectivity index (χ1) is 11.3. The molecule has 8 heteroatoms. The van der Waals surface area contributed by atoms with E-state index in [9.17, 15) is 22.2 Å². The molecule has 24 heavy (non-hydrogen) atoms. The number of nitrogens with one attached hydrogen (secondary N) is 1. The lowest BCUT2D eigenvalue weighted by Gasteiger charge is -2.13. The van der Waals surface area contributed by atoms with Gasteiger partial charge in [0.1, 0.15) is 5.75 Å². The van der Waals surface area contributed by atoms with Crippen LogP contribution in [0.5, 0.6) is 5.75 Å². The van der Waals surface area contributed by atoms with Gasteiger partial charge in [-0.15, -0.1) is 13.2 Å². The number of amides is 1. The fourth-order valence-electron chi connectivity index (χ4n) is 1.95. The summed E-state index contributed by atoms with van der Waals surface area (Å²) in [7, 11) is -1.15. The van der Waals surface area contributed by atoms with Crippen LogP contribution in [0, 0.1) is 0 Å². The molecule has 0 saturated heterocycles. The van der Waals surface area contributed by atoms with E-state index >= 15 is 0 Å². The molecule has 0 spiro atoms. The Morgan fingerprint density at radius 3 is 2.33 bits per heavy atom. The average Bonchev–Trinajstić information content (AvgIpc) is 2.52. The Kier molecular flexibility index (Phi) is 5.61. The third kappa shape index (κ3) is 5.09. The van der Waals surface area contributed by atoms with Crippen LogP contribution in [0.3, 0.4) is 0 Å². The molecule has 1 atom stereocenters. The Balaban J connectivity index is 2.05. The van der Waals surface area contributed by atoms with Gasteiger partial charge in [0.25, 0.3) is 5.91 Å². The number of carbonyl (C=O) groups excluding carboxylic acids is 1. The fourth-order valence-corrected chi connectivity index (χ4v) is 2.47. The molecule has 128 valence electrons. The summed E-state index contributed by atoms with van der Waals surface area (Å²) in [6.45, 7) is -0.119. The van der Waals surface area contributed by atoms with Crippen molar-refractivity contribution in [3.8, 4) is 5.75 Å². The molecule has 0 aliphatic heterocycles. The normalized spacial score (nSPS) is 12.5. The maximum atomic E-state index is 12.4. The van der Waals surface area contributed by atoms with Gasteiger partial charge in [0.2, 0.25) is 0 Å². The minimum absolute atomic E-state index is 0.119. The van der Waals surface area contributed by atoms with E-state index in [1.165, 1.54) is 36.6 Å². The van der Waals surface area contributed by atoms with Crippen molar-refractivity contribution in [3.05, 3.63) is 59.7 Å². The van der Waals surface area contributed by atoms with Gasteiger partial charge in [0, 0.05) is 39.6 Å². The number of hydrogen-bond donors (Lipinski definition) is 1. The number of ether oxygens (including phenoxy) is 1. The van der Waals surface area contributed by atoms with Gasteiger partial charge < -0.3 is 10.1 Å². The zero-order valence-electron chi connectivity index (χ0n) is 12.6. The van der Waals surface area contributed by atoms with Gasteiger partial charge in [-0.25, -0.2) is 0 Å². The van der Waals surface area contributed by atoms with Crippen molar-refractivity contribution in [1.82, 2.24) is 5.32 Å². The number of rotatable bonds is 5. The minimum Gasteiger partial charge on any atom is -0.405 e. The number of alkyl halides is 3. The average molecular weight is 357 g/mol. The highest BCUT2D eigenvalue weighted by Gasteiger charge is 2.31. The van der Waals surface area contributed by atoms with Gasteiger partial charge in [-0.05, 0) is 30.3 Å². The van der Waals surface area contributed by atoms with E-state index in [1.54, 1.807) is 18.2 Å². The Labute approximate surface area is 139 Å². The highest BCUT2D eigenvalue weighted by atomic mass is 32.2. The summed E-state index contributed by atoms with van der Waals surface area (Å²) in [6, 6.07) is 11.7. The van der Waals surface area contributed by atoms with Crippen molar-refractivity contribution >= 4 is 16.7 Å². The topological polar surface area (TPSA) is 55.4 Å². The quantitative estimate of drug-likeness (QED) is 0.894. The molecule has 1 N–H and O–H groups in total. The predicted octanol–water partition coefficient (Wildman–Crippen LogP) is 3.25. The summed E-state index contributed by atoms with van der Waals surface area (Å²) in [6.07, 6.45) is -3.28. The Morgan fingerprint density at radius 2 is 1.75 bits per heavy atom. The maximum Gasteiger partial charge on any atom is 0.573 e. The highest BCUT2D eigenvalue weighted by molar-refractivity contribution is 7.84. The van der Waals surface area contributed by atoms with Crippen molar-refractivity contribution in [1.29, 1.82) is 0 Å². The van der Waals surface area contributed by atoms with E-state index in [-0.39, 0.29) is 17.9 Å². The van der Waals surface area contributed by atoms with E-state index in [0.717, 1.165) is 0 Å². The molecule has 0 bridgehead atoms. The molecule has 2 aromatic rings. The lowest BCUT2D eigenvalue weighted by molar-refractivity contribution is -0.274. The molecule has 0 aliphatic rings. The zero-order chi connectivity index (χ0) is 17.7. The summed E-state index contributed by atoms with van der Waals surface area (Å²) >= 11 is 0. The third-order valence-corrected chi connectivity index (χ3v) is 4.02. The molecule has 0 aromatic heterocycles. The lowest BCUT2D eigenvalue weighted by atomic mass is 10.2. The fraction of sp³-hybridized carbons (Fsp3) is 0.188. The second-order valence-corrected chi connectivity index (χ2v) is 6.20. The number of carbonyl (C=O) groups is 1. The number of benzene rings is 2. The van der Waals surface area contributed by atoms with Crippen molar-refractivity contribution in [2.75, 3.05) is 6.26 Å². The van der Waals surface area contributed by atoms with Crippen molar-refractivity contribution in [2.24, 2.45) is 0 Å². The Hall–Kier alpha value is -2.35. The van der Waals surface area contributed by atoms with Gasteiger partial charge in [-0.2, -0.15) is 0 Å². The van der Waals surface area contributed by atoms with Crippen molar-refractivity contribution in [2.45, 2.75) is 17.8 Å². The van der Waals surface area contributed by atoms with Crippen LogP contribution in [0.4, 0.5) is 13.2 Å². The minimum atomic E-state index is -4.80. The number of para-hydroxylation sites is 1. The molecule has 0 fully saturated rings. The molecule has 0 saturated carbocycles. The third-order valence-electron chi connectivity index (χ3n) is 3.09. The largest absolute Gasteiger partial charge is 0.573 e. The van der Waals surface area contributed by atoms with E-state index in [1.807, 2.05) is 0 Å². The molecule has 0 aliphatic carbocycles. The molecular weight excluding hydrogens is 343 g/mol. The molecule has 4 nitrogen and oxygen atoms in total. The van der Waals surface area contributed by atoms with E-state index in [2.05, 4.69) is 10.1 Å². The monoisotopic (exact) mass is 357 g/mol. The number of hydrogen-bond acceptors (Lipinski definition) is 3. The Morgan fingerprint density at radius 1 is 1.12 bits per heavy atom. The van der Waals surface area contributed by atoms with Crippen LogP contribution >= 0.6 is 0 Å². The highest BCUT2D eigenvalue weighted by Crippen LogP contribution is 2.26. The van der Waals surface area contributed by atoms with Crippen LogP contribution in [-0.2, 0) is 17.3 Å².